The molecule has 1 aromatic rings. The summed E-state index contributed by atoms with van der Waals surface area (Å²) in [4.78, 5) is 0. The molecule has 0 heterocycles. The van der Waals surface area contributed by atoms with Gasteiger partial charge in [-0.2, -0.15) is 0 Å². The molecule has 0 fully saturated rings. The topological polar surface area (TPSA) is 21.3 Å². The molecular formula is C17H29NO. The number of hydrogen-bond donors (Lipinski definition) is 1. The van der Waals surface area contributed by atoms with Crippen LogP contribution in [0.1, 0.15) is 64.5 Å². The largest absolute Gasteiger partial charge is 0.496 e. The molecule has 0 amide bonds. The molecule has 2 atom stereocenters. The highest BCUT2D eigenvalue weighted by Crippen LogP contribution is 2.27. The number of unbranched alkanes of at least 4 members (excludes halogenated alkanes) is 2. The van der Waals surface area contributed by atoms with Crippen LogP contribution in [0.2, 0.25) is 0 Å². The van der Waals surface area contributed by atoms with Gasteiger partial charge in [-0.25, -0.2) is 0 Å². The second-order valence-corrected chi connectivity index (χ2v) is 5.27. The maximum absolute atomic E-state index is 5.47. The summed E-state index contributed by atoms with van der Waals surface area (Å²) in [6, 6.07) is 9.26. The van der Waals surface area contributed by atoms with Crippen molar-refractivity contribution in [3.8, 4) is 5.75 Å². The Morgan fingerprint density at radius 2 is 1.89 bits per heavy atom. The lowest BCUT2D eigenvalue weighted by molar-refractivity contribution is 0.378. The maximum atomic E-state index is 5.47. The average Bonchev–Trinajstić information content (AvgIpc) is 2.45. The number of ether oxygens (including phenoxy) is 1. The minimum Gasteiger partial charge on any atom is -0.496 e. The summed E-state index contributed by atoms with van der Waals surface area (Å²) in [5.74, 6) is 0.989. The Hall–Kier alpha value is -1.02. The molecule has 0 aliphatic heterocycles. The van der Waals surface area contributed by atoms with Crippen molar-refractivity contribution >= 4 is 0 Å². The van der Waals surface area contributed by atoms with Crippen molar-refractivity contribution in [2.45, 2.75) is 65.0 Å². The zero-order valence-electron chi connectivity index (χ0n) is 12.9. The number of benzene rings is 1. The van der Waals surface area contributed by atoms with Gasteiger partial charge in [0.15, 0.2) is 0 Å². The maximum Gasteiger partial charge on any atom is 0.123 e. The van der Waals surface area contributed by atoms with Crippen LogP contribution < -0.4 is 10.1 Å². The molecule has 0 saturated carbocycles. The van der Waals surface area contributed by atoms with Crippen molar-refractivity contribution in [1.82, 2.24) is 5.32 Å². The Balaban J connectivity index is 2.61. The Labute approximate surface area is 118 Å². The molecule has 19 heavy (non-hydrogen) atoms. The van der Waals surface area contributed by atoms with Crippen LogP contribution >= 0.6 is 0 Å². The molecule has 0 aromatic heterocycles. The second kappa shape index (κ2) is 8.98. The Bertz CT molecular complexity index is 351. The number of methoxy groups -OCH3 is 1. The molecular weight excluding hydrogens is 234 g/mol. The summed E-state index contributed by atoms with van der Waals surface area (Å²) < 4.78 is 5.47. The number of hydrogen-bond acceptors (Lipinski definition) is 2. The van der Waals surface area contributed by atoms with E-state index in [4.69, 9.17) is 4.74 Å². The molecule has 108 valence electrons. The summed E-state index contributed by atoms with van der Waals surface area (Å²) in [5, 5.41) is 3.74. The van der Waals surface area contributed by atoms with Crippen LogP contribution in [0, 0.1) is 0 Å². The van der Waals surface area contributed by atoms with Gasteiger partial charge in [-0.15, -0.1) is 0 Å². The minimum absolute atomic E-state index is 0.382. The Morgan fingerprint density at radius 3 is 2.53 bits per heavy atom. The van der Waals surface area contributed by atoms with E-state index in [2.05, 4.69) is 38.2 Å². The normalized spacial score (nSPS) is 14.1. The van der Waals surface area contributed by atoms with E-state index < -0.39 is 0 Å². The van der Waals surface area contributed by atoms with Gasteiger partial charge in [-0.3, -0.25) is 0 Å². The molecule has 2 heteroatoms. The standard InChI is InChI=1S/C17H29NO/c1-5-7-8-11-14(3)18-16(6-2)15-12-9-10-13-17(15)19-4/h9-10,12-14,16,18H,5-8,11H2,1-4H3. The minimum atomic E-state index is 0.382. The van der Waals surface area contributed by atoms with Crippen LogP contribution in [0.3, 0.4) is 0 Å². The van der Waals surface area contributed by atoms with Gasteiger partial charge in [0.05, 0.1) is 7.11 Å². The quantitative estimate of drug-likeness (QED) is 0.652. The van der Waals surface area contributed by atoms with Gasteiger partial charge in [-0.05, 0) is 25.8 Å². The molecule has 0 spiro atoms. The lowest BCUT2D eigenvalue weighted by atomic mass is 10.0. The fourth-order valence-corrected chi connectivity index (χ4v) is 2.51. The van der Waals surface area contributed by atoms with Gasteiger partial charge in [-0.1, -0.05) is 51.3 Å². The lowest BCUT2D eigenvalue weighted by Gasteiger charge is -2.24. The zero-order valence-corrected chi connectivity index (χ0v) is 12.9. The van der Waals surface area contributed by atoms with Crippen molar-refractivity contribution in [1.29, 1.82) is 0 Å². The van der Waals surface area contributed by atoms with E-state index in [1.54, 1.807) is 7.11 Å². The first-order chi connectivity index (χ1) is 9.22. The first-order valence-electron chi connectivity index (χ1n) is 7.61. The van der Waals surface area contributed by atoms with Crippen molar-refractivity contribution in [3.05, 3.63) is 29.8 Å². The van der Waals surface area contributed by atoms with Crippen LogP contribution in [0.15, 0.2) is 24.3 Å². The highest BCUT2D eigenvalue weighted by atomic mass is 16.5. The smallest absolute Gasteiger partial charge is 0.123 e. The van der Waals surface area contributed by atoms with E-state index in [0.29, 0.717) is 12.1 Å². The van der Waals surface area contributed by atoms with Crippen LogP contribution in [0.5, 0.6) is 5.75 Å². The van der Waals surface area contributed by atoms with E-state index in [1.807, 2.05) is 12.1 Å². The molecule has 0 bridgehead atoms. The number of rotatable bonds is 9. The highest BCUT2D eigenvalue weighted by molar-refractivity contribution is 5.35. The summed E-state index contributed by atoms with van der Waals surface area (Å²) in [5.41, 5.74) is 1.27. The predicted molar refractivity (Wildman–Crippen MR) is 82.8 cm³/mol. The van der Waals surface area contributed by atoms with Gasteiger partial charge in [0, 0.05) is 17.6 Å². The van der Waals surface area contributed by atoms with Crippen molar-refractivity contribution in [2.75, 3.05) is 7.11 Å². The van der Waals surface area contributed by atoms with Crippen LogP contribution in [-0.2, 0) is 0 Å². The summed E-state index contributed by atoms with van der Waals surface area (Å²) >= 11 is 0. The second-order valence-electron chi connectivity index (χ2n) is 5.27. The van der Waals surface area contributed by atoms with E-state index in [1.165, 1.54) is 31.2 Å². The average molecular weight is 263 g/mol. The van der Waals surface area contributed by atoms with E-state index in [9.17, 15) is 0 Å². The highest BCUT2D eigenvalue weighted by Gasteiger charge is 2.15. The Kier molecular flexibility index (Phi) is 7.57. The van der Waals surface area contributed by atoms with Crippen molar-refractivity contribution < 1.29 is 4.74 Å². The predicted octanol–water partition coefficient (Wildman–Crippen LogP) is 4.70. The fraction of sp³-hybridized carbons (Fsp3) is 0.647. The zero-order chi connectivity index (χ0) is 14.1. The Morgan fingerprint density at radius 1 is 1.16 bits per heavy atom. The third-order valence-electron chi connectivity index (χ3n) is 3.65. The SMILES string of the molecule is CCCCCC(C)NC(CC)c1ccccc1OC. The molecule has 2 unspecified atom stereocenters. The first-order valence-corrected chi connectivity index (χ1v) is 7.61. The molecule has 0 radical (unpaired) electrons. The summed E-state index contributed by atoms with van der Waals surface area (Å²) in [6.45, 7) is 6.76. The molecule has 0 aliphatic rings. The fourth-order valence-electron chi connectivity index (χ4n) is 2.51. The van der Waals surface area contributed by atoms with Gasteiger partial charge >= 0.3 is 0 Å². The van der Waals surface area contributed by atoms with Gasteiger partial charge < -0.3 is 10.1 Å². The summed E-state index contributed by atoms with van der Waals surface area (Å²) in [7, 11) is 1.75. The molecule has 2 nitrogen and oxygen atoms in total. The van der Waals surface area contributed by atoms with E-state index in [-0.39, 0.29) is 0 Å². The lowest BCUT2D eigenvalue weighted by Crippen LogP contribution is -2.30. The van der Waals surface area contributed by atoms with Crippen molar-refractivity contribution in [3.63, 3.8) is 0 Å². The molecule has 1 N–H and O–H groups in total. The molecule has 1 rings (SSSR count). The van der Waals surface area contributed by atoms with Gasteiger partial charge in [0.2, 0.25) is 0 Å². The van der Waals surface area contributed by atoms with E-state index in [0.717, 1.165) is 12.2 Å². The van der Waals surface area contributed by atoms with E-state index >= 15 is 0 Å². The van der Waals surface area contributed by atoms with Gasteiger partial charge in [0.1, 0.15) is 5.75 Å². The third kappa shape index (κ3) is 5.23. The number of para-hydroxylation sites is 1. The third-order valence-corrected chi connectivity index (χ3v) is 3.65. The number of nitrogens with one attached hydrogen (secondary N) is 1. The molecule has 1 aromatic carbocycles. The summed E-state index contributed by atoms with van der Waals surface area (Å²) in [6.07, 6.45) is 6.26. The molecule has 0 saturated heterocycles. The van der Waals surface area contributed by atoms with Crippen LogP contribution in [0.4, 0.5) is 0 Å². The first kappa shape index (κ1) is 16.0. The molecule has 0 aliphatic carbocycles. The van der Waals surface area contributed by atoms with Crippen LogP contribution in [-0.4, -0.2) is 13.2 Å². The van der Waals surface area contributed by atoms with Crippen molar-refractivity contribution in [2.24, 2.45) is 0 Å². The van der Waals surface area contributed by atoms with Crippen LogP contribution in [0.25, 0.3) is 0 Å². The van der Waals surface area contributed by atoms with Gasteiger partial charge in [0.25, 0.3) is 0 Å². The monoisotopic (exact) mass is 263 g/mol.